The number of alkyl halides is 6. The molecule has 1 aliphatic carbocycles. The zero-order chi connectivity index (χ0) is 15.3. The van der Waals surface area contributed by atoms with Crippen LogP contribution in [0.25, 0.3) is 0 Å². The summed E-state index contributed by atoms with van der Waals surface area (Å²) in [5, 5.41) is 9.34. The smallest absolute Gasteiger partial charge is 0.398 e. The third-order valence-corrected chi connectivity index (χ3v) is 3.54. The average Bonchev–Trinajstić information content (AvgIpc) is 2.74. The Hall–Kier alpha value is -1.44. The van der Waals surface area contributed by atoms with Crippen molar-refractivity contribution in [3.8, 4) is 0 Å². The van der Waals surface area contributed by atoms with E-state index in [1.165, 1.54) is 0 Å². The van der Waals surface area contributed by atoms with Gasteiger partial charge in [-0.25, -0.2) is 0 Å². The molecular weight excluding hydrogens is 288 g/mol. The minimum Gasteiger partial charge on any atom is -0.398 e. The van der Waals surface area contributed by atoms with Gasteiger partial charge in [0.05, 0.1) is 0 Å². The van der Waals surface area contributed by atoms with Gasteiger partial charge >= 0.3 is 12.4 Å². The van der Waals surface area contributed by atoms with Crippen molar-refractivity contribution in [2.24, 2.45) is 0 Å². The lowest BCUT2D eigenvalue weighted by molar-refractivity contribution is -0.376. The number of aryl methyl sites for hydroxylation is 1. The first-order valence-corrected chi connectivity index (χ1v) is 5.76. The predicted octanol–water partition coefficient (Wildman–Crippen LogP) is 3.07. The highest BCUT2D eigenvalue weighted by Crippen LogP contribution is 2.52. The van der Waals surface area contributed by atoms with Gasteiger partial charge in [-0.05, 0) is 30.4 Å². The molecule has 1 aromatic rings. The van der Waals surface area contributed by atoms with E-state index in [1.54, 1.807) is 0 Å². The monoisotopic (exact) mass is 299 g/mol. The van der Waals surface area contributed by atoms with Crippen LogP contribution in [0.15, 0.2) is 12.1 Å². The van der Waals surface area contributed by atoms with Crippen molar-refractivity contribution in [2.45, 2.75) is 37.2 Å². The van der Waals surface area contributed by atoms with Crippen molar-refractivity contribution in [3.05, 3.63) is 28.8 Å². The first-order valence-electron chi connectivity index (χ1n) is 5.76. The summed E-state index contributed by atoms with van der Waals surface area (Å²) in [5.41, 5.74) is -0.597. The standard InChI is InChI=1S/C12H11F6NO/c13-11(14,15)10(20,12(16,17)18)8-5-4-6-2-1-3-7(6)9(8)19/h4-5,20H,1-3,19H2. The topological polar surface area (TPSA) is 46.2 Å². The van der Waals surface area contributed by atoms with E-state index in [2.05, 4.69) is 0 Å². The fraction of sp³-hybridized carbons (Fsp3) is 0.500. The van der Waals surface area contributed by atoms with Crippen LogP contribution in [0.3, 0.4) is 0 Å². The molecule has 0 aliphatic heterocycles. The SMILES string of the molecule is Nc1c(C(O)(C(F)(F)F)C(F)(F)F)ccc2c1CCC2. The molecule has 0 fully saturated rings. The molecule has 1 aromatic carbocycles. The highest BCUT2D eigenvalue weighted by molar-refractivity contribution is 5.61. The van der Waals surface area contributed by atoms with Crippen molar-refractivity contribution >= 4 is 5.69 Å². The summed E-state index contributed by atoms with van der Waals surface area (Å²) in [5.74, 6) is 0. The first kappa shape index (κ1) is 15.0. The zero-order valence-corrected chi connectivity index (χ0v) is 10.1. The second-order valence-corrected chi connectivity index (χ2v) is 4.72. The Morgan fingerprint density at radius 1 is 0.950 bits per heavy atom. The summed E-state index contributed by atoms with van der Waals surface area (Å²) in [6, 6.07) is 1.77. The molecule has 0 amide bonds. The number of anilines is 1. The fourth-order valence-electron chi connectivity index (χ4n) is 2.48. The van der Waals surface area contributed by atoms with Crippen LogP contribution in [0.2, 0.25) is 0 Å². The molecule has 2 rings (SSSR count). The normalized spacial score (nSPS) is 16.4. The third-order valence-electron chi connectivity index (χ3n) is 3.54. The number of aliphatic hydroxyl groups is 1. The van der Waals surface area contributed by atoms with Crippen LogP contribution in [0.5, 0.6) is 0 Å². The first-order chi connectivity index (χ1) is 9.00. The van der Waals surface area contributed by atoms with Crippen molar-refractivity contribution in [1.29, 1.82) is 0 Å². The minimum atomic E-state index is -5.91. The molecule has 112 valence electrons. The Kier molecular flexibility index (Phi) is 3.20. The number of hydrogen-bond donors (Lipinski definition) is 2. The lowest BCUT2D eigenvalue weighted by atomic mass is 9.88. The van der Waals surface area contributed by atoms with Gasteiger partial charge in [-0.15, -0.1) is 0 Å². The van der Waals surface area contributed by atoms with Gasteiger partial charge in [0.15, 0.2) is 0 Å². The molecule has 2 nitrogen and oxygen atoms in total. The number of halogens is 6. The molecule has 1 aliphatic rings. The van der Waals surface area contributed by atoms with E-state index in [1.807, 2.05) is 0 Å². The van der Waals surface area contributed by atoms with E-state index in [0.29, 0.717) is 30.9 Å². The quantitative estimate of drug-likeness (QED) is 0.618. The van der Waals surface area contributed by atoms with Crippen LogP contribution in [-0.2, 0) is 18.4 Å². The van der Waals surface area contributed by atoms with Crippen molar-refractivity contribution in [3.63, 3.8) is 0 Å². The predicted molar refractivity (Wildman–Crippen MR) is 58.9 cm³/mol. The highest BCUT2D eigenvalue weighted by Gasteiger charge is 2.72. The summed E-state index contributed by atoms with van der Waals surface area (Å²) >= 11 is 0. The minimum absolute atomic E-state index is 0.259. The van der Waals surface area contributed by atoms with Crippen LogP contribution in [0.4, 0.5) is 32.0 Å². The maximum atomic E-state index is 12.8. The van der Waals surface area contributed by atoms with E-state index >= 15 is 0 Å². The summed E-state index contributed by atoms with van der Waals surface area (Å²) in [4.78, 5) is 0. The summed E-state index contributed by atoms with van der Waals surface area (Å²) in [6.45, 7) is 0. The molecule has 0 aromatic heterocycles. The van der Waals surface area contributed by atoms with Gasteiger partial charge in [0.25, 0.3) is 5.60 Å². The van der Waals surface area contributed by atoms with Crippen LogP contribution >= 0.6 is 0 Å². The number of hydrogen-bond acceptors (Lipinski definition) is 2. The molecule has 0 saturated heterocycles. The van der Waals surface area contributed by atoms with Gasteiger partial charge < -0.3 is 10.8 Å². The zero-order valence-electron chi connectivity index (χ0n) is 10.1. The van der Waals surface area contributed by atoms with Crippen LogP contribution < -0.4 is 5.73 Å². The van der Waals surface area contributed by atoms with Gasteiger partial charge in [0.2, 0.25) is 0 Å². The van der Waals surface area contributed by atoms with Gasteiger partial charge in [-0.2, -0.15) is 26.3 Å². The molecule has 0 spiro atoms. The van der Waals surface area contributed by atoms with E-state index in [9.17, 15) is 31.4 Å². The molecular formula is C12H11F6NO. The highest BCUT2D eigenvalue weighted by atomic mass is 19.4. The van der Waals surface area contributed by atoms with E-state index < -0.39 is 29.2 Å². The Morgan fingerprint density at radius 2 is 1.50 bits per heavy atom. The molecule has 3 N–H and O–H groups in total. The van der Waals surface area contributed by atoms with Crippen molar-refractivity contribution < 1.29 is 31.4 Å². The number of fused-ring (bicyclic) bond motifs is 1. The third kappa shape index (κ3) is 1.93. The largest absolute Gasteiger partial charge is 0.430 e. The average molecular weight is 299 g/mol. The lowest BCUT2D eigenvalue weighted by Gasteiger charge is -2.34. The van der Waals surface area contributed by atoms with Crippen LogP contribution in [-0.4, -0.2) is 17.5 Å². The van der Waals surface area contributed by atoms with E-state index in [0.717, 1.165) is 6.07 Å². The summed E-state index contributed by atoms with van der Waals surface area (Å²) in [7, 11) is 0. The molecule has 8 heteroatoms. The van der Waals surface area contributed by atoms with Crippen LogP contribution in [0, 0.1) is 0 Å². The van der Waals surface area contributed by atoms with Crippen molar-refractivity contribution in [1.82, 2.24) is 0 Å². The van der Waals surface area contributed by atoms with E-state index in [4.69, 9.17) is 5.73 Å². The summed E-state index contributed by atoms with van der Waals surface area (Å²) in [6.07, 6.45) is -10.4. The molecule has 20 heavy (non-hydrogen) atoms. The Labute approximate surface area is 110 Å². The lowest BCUT2D eigenvalue weighted by Crippen LogP contribution is -2.54. The number of nitrogens with two attached hydrogens (primary N) is 1. The maximum Gasteiger partial charge on any atom is 0.430 e. The Morgan fingerprint density at radius 3 is 2.00 bits per heavy atom. The molecule has 0 bridgehead atoms. The van der Waals surface area contributed by atoms with Gasteiger partial charge in [0, 0.05) is 11.3 Å². The van der Waals surface area contributed by atoms with Crippen LogP contribution in [0.1, 0.15) is 23.1 Å². The second-order valence-electron chi connectivity index (χ2n) is 4.72. The number of rotatable bonds is 1. The molecule has 0 atom stereocenters. The van der Waals surface area contributed by atoms with E-state index in [-0.39, 0.29) is 5.56 Å². The molecule has 0 radical (unpaired) electrons. The summed E-state index contributed by atoms with van der Waals surface area (Å²) < 4.78 is 76.8. The Bertz CT molecular complexity index is 520. The molecule has 0 heterocycles. The van der Waals surface area contributed by atoms with Gasteiger partial charge in [-0.3, -0.25) is 0 Å². The molecule has 0 saturated carbocycles. The fourth-order valence-corrected chi connectivity index (χ4v) is 2.48. The number of nitrogen functional groups attached to an aromatic ring is 1. The Balaban J connectivity index is 2.69. The van der Waals surface area contributed by atoms with Crippen molar-refractivity contribution in [2.75, 3.05) is 5.73 Å². The molecule has 0 unspecified atom stereocenters. The van der Waals surface area contributed by atoms with Gasteiger partial charge in [-0.1, -0.05) is 12.1 Å². The maximum absolute atomic E-state index is 12.8. The number of benzene rings is 1. The van der Waals surface area contributed by atoms with Gasteiger partial charge in [0.1, 0.15) is 0 Å². The second kappa shape index (κ2) is 4.28.